The highest BCUT2D eigenvalue weighted by molar-refractivity contribution is 5.95. The minimum absolute atomic E-state index is 0.172. The summed E-state index contributed by atoms with van der Waals surface area (Å²) in [5.41, 5.74) is 2.15. The molecule has 0 atom stereocenters. The Bertz CT molecular complexity index is 1140. The van der Waals surface area contributed by atoms with Crippen molar-refractivity contribution < 1.29 is 9.72 Å². The van der Waals surface area contributed by atoms with Crippen molar-refractivity contribution >= 4 is 11.6 Å². The van der Waals surface area contributed by atoms with E-state index in [2.05, 4.69) is 15.0 Å². The molecule has 0 aliphatic heterocycles. The van der Waals surface area contributed by atoms with Crippen LogP contribution in [0.5, 0.6) is 0 Å². The van der Waals surface area contributed by atoms with Gasteiger partial charge in [0.15, 0.2) is 0 Å². The number of nitro groups is 1. The van der Waals surface area contributed by atoms with Crippen molar-refractivity contribution in [2.45, 2.75) is 13.1 Å². The predicted molar refractivity (Wildman–Crippen MR) is 112 cm³/mol. The predicted octanol–water partition coefficient (Wildman–Crippen LogP) is 3.41. The van der Waals surface area contributed by atoms with Crippen LogP contribution in [-0.2, 0) is 13.1 Å². The van der Waals surface area contributed by atoms with Crippen molar-refractivity contribution in [2.75, 3.05) is 0 Å². The van der Waals surface area contributed by atoms with E-state index in [1.54, 1.807) is 54.1 Å². The molecule has 3 aromatic heterocycles. The first kappa shape index (κ1) is 19.9. The molecule has 0 aliphatic rings. The van der Waals surface area contributed by atoms with Gasteiger partial charge in [0.05, 0.1) is 11.3 Å². The van der Waals surface area contributed by atoms with E-state index in [1.807, 2.05) is 18.2 Å². The second-order valence-corrected chi connectivity index (χ2v) is 6.81. The van der Waals surface area contributed by atoms with Crippen LogP contribution in [0.4, 0.5) is 5.69 Å². The van der Waals surface area contributed by atoms with Gasteiger partial charge in [0.2, 0.25) is 0 Å². The van der Waals surface area contributed by atoms with Gasteiger partial charge in [-0.05, 0) is 41.5 Å². The summed E-state index contributed by atoms with van der Waals surface area (Å²) in [6.45, 7) is 0.638. The lowest BCUT2D eigenvalue weighted by atomic mass is 10.1. The van der Waals surface area contributed by atoms with Crippen LogP contribution >= 0.6 is 0 Å². The zero-order valence-corrected chi connectivity index (χ0v) is 16.4. The fraction of sp³-hybridized carbons (Fsp3) is 0.0909. The molecule has 1 amide bonds. The second kappa shape index (κ2) is 8.95. The fourth-order valence-corrected chi connectivity index (χ4v) is 3.23. The molecule has 0 aliphatic carbocycles. The van der Waals surface area contributed by atoms with Crippen molar-refractivity contribution in [2.24, 2.45) is 0 Å². The lowest BCUT2D eigenvalue weighted by Crippen LogP contribution is -2.30. The molecule has 4 aromatic rings. The number of amides is 1. The Hall–Kier alpha value is -4.40. The number of rotatable bonds is 7. The van der Waals surface area contributed by atoms with Crippen LogP contribution in [0.25, 0.3) is 5.69 Å². The number of carbonyl (C=O) groups is 1. The average molecular weight is 414 g/mol. The maximum Gasteiger partial charge on any atom is 0.294 e. The van der Waals surface area contributed by atoms with E-state index in [4.69, 9.17) is 0 Å². The van der Waals surface area contributed by atoms with Crippen LogP contribution in [0.1, 0.15) is 21.5 Å². The summed E-state index contributed by atoms with van der Waals surface area (Å²) in [6, 6.07) is 11.8. The highest BCUT2D eigenvalue weighted by Crippen LogP contribution is 2.25. The molecule has 0 spiro atoms. The Morgan fingerprint density at radius 1 is 0.968 bits per heavy atom. The van der Waals surface area contributed by atoms with E-state index in [1.165, 1.54) is 23.2 Å². The van der Waals surface area contributed by atoms with Crippen LogP contribution in [0.15, 0.2) is 86.0 Å². The summed E-state index contributed by atoms with van der Waals surface area (Å²) in [4.78, 5) is 38.2. The van der Waals surface area contributed by atoms with E-state index in [9.17, 15) is 14.9 Å². The van der Waals surface area contributed by atoms with Crippen LogP contribution in [0.2, 0.25) is 0 Å². The number of nitro benzene ring substituents is 1. The number of carbonyl (C=O) groups excluding carboxylic acids is 1. The first-order valence-corrected chi connectivity index (χ1v) is 9.45. The molecule has 0 fully saturated rings. The number of hydrogen-bond acceptors (Lipinski definition) is 6. The van der Waals surface area contributed by atoms with Gasteiger partial charge < -0.3 is 9.47 Å². The molecule has 0 bridgehead atoms. The SMILES string of the molecule is O=C(c1ccc(-n2ccnc2)c([N+](=O)[O-])c1)N(Cc1ccncc1)Cc1cccnc1. The van der Waals surface area contributed by atoms with Gasteiger partial charge in [-0.25, -0.2) is 4.98 Å². The third kappa shape index (κ3) is 4.61. The van der Waals surface area contributed by atoms with Crippen LogP contribution < -0.4 is 0 Å². The number of aromatic nitrogens is 4. The van der Waals surface area contributed by atoms with Gasteiger partial charge in [0.25, 0.3) is 11.6 Å². The summed E-state index contributed by atoms with van der Waals surface area (Å²) in [5.74, 6) is -0.319. The van der Waals surface area contributed by atoms with Gasteiger partial charge in [-0.1, -0.05) is 6.07 Å². The standard InChI is InChI=1S/C22H18N6O3/c29-22(19-3-4-20(21(12-19)28(30)31)26-11-10-25-16-26)27(14-17-5-8-23-9-6-17)15-18-2-1-7-24-13-18/h1-13,16H,14-15H2. The van der Waals surface area contributed by atoms with Crippen molar-refractivity contribution in [1.29, 1.82) is 0 Å². The minimum Gasteiger partial charge on any atom is -0.330 e. The molecule has 154 valence electrons. The molecular weight excluding hydrogens is 396 g/mol. The van der Waals surface area contributed by atoms with E-state index in [0.717, 1.165) is 11.1 Å². The minimum atomic E-state index is -0.500. The van der Waals surface area contributed by atoms with Crippen LogP contribution in [0.3, 0.4) is 0 Å². The van der Waals surface area contributed by atoms with E-state index < -0.39 is 4.92 Å². The summed E-state index contributed by atoms with van der Waals surface area (Å²) in [5, 5.41) is 11.7. The second-order valence-electron chi connectivity index (χ2n) is 6.81. The molecule has 0 N–H and O–H groups in total. The molecule has 0 saturated carbocycles. The summed E-state index contributed by atoms with van der Waals surface area (Å²) >= 11 is 0. The topological polar surface area (TPSA) is 107 Å². The fourth-order valence-electron chi connectivity index (χ4n) is 3.23. The summed E-state index contributed by atoms with van der Waals surface area (Å²) < 4.78 is 1.54. The molecular formula is C22H18N6O3. The lowest BCUT2D eigenvalue weighted by Gasteiger charge is -2.23. The normalized spacial score (nSPS) is 10.6. The molecule has 31 heavy (non-hydrogen) atoms. The van der Waals surface area contributed by atoms with E-state index in [-0.39, 0.29) is 17.2 Å². The molecule has 9 heteroatoms. The highest BCUT2D eigenvalue weighted by atomic mass is 16.6. The maximum atomic E-state index is 13.4. The Labute approximate surface area is 177 Å². The van der Waals surface area contributed by atoms with Crippen LogP contribution in [-0.4, -0.2) is 35.2 Å². The van der Waals surface area contributed by atoms with Gasteiger partial charge in [-0.3, -0.25) is 24.9 Å². The van der Waals surface area contributed by atoms with Gasteiger partial charge in [-0.15, -0.1) is 0 Å². The van der Waals surface area contributed by atoms with E-state index in [0.29, 0.717) is 18.8 Å². The molecule has 3 heterocycles. The highest BCUT2D eigenvalue weighted by Gasteiger charge is 2.22. The van der Waals surface area contributed by atoms with Gasteiger partial charge in [0, 0.05) is 61.9 Å². The third-order valence-corrected chi connectivity index (χ3v) is 4.71. The first-order valence-electron chi connectivity index (χ1n) is 9.45. The Kier molecular flexibility index (Phi) is 5.75. The van der Waals surface area contributed by atoms with E-state index >= 15 is 0 Å². The first-order chi connectivity index (χ1) is 15.1. The number of benzene rings is 1. The Morgan fingerprint density at radius 2 is 1.77 bits per heavy atom. The summed E-state index contributed by atoms with van der Waals surface area (Å²) in [6.07, 6.45) is 11.3. The zero-order chi connectivity index (χ0) is 21.6. The summed E-state index contributed by atoms with van der Waals surface area (Å²) in [7, 11) is 0. The average Bonchev–Trinajstić information content (AvgIpc) is 3.34. The Morgan fingerprint density at radius 3 is 2.45 bits per heavy atom. The lowest BCUT2D eigenvalue weighted by molar-refractivity contribution is -0.384. The van der Waals surface area contributed by atoms with Crippen molar-refractivity contribution in [3.63, 3.8) is 0 Å². The van der Waals surface area contributed by atoms with Gasteiger partial charge >= 0.3 is 0 Å². The van der Waals surface area contributed by atoms with Crippen LogP contribution in [0, 0.1) is 10.1 Å². The third-order valence-electron chi connectivity index (χ3n) is 4.71. The van der Waals surface area contributed by atoms with Gasteiger partial charge in [0.1, 0.15) is 5.69 Å². The number of hydrogen-bond donors (Lipinski definition) is 0. The van der Waals surface area contributed by atoms with Crippen molar-refractivity contribution in [3.8, 4) is 5.69 Å². The molecule has 0 saturated heterocycles. The largest absolute Gasteiger partial charge is 0.330 e. The van der Waals surface area contributed by atoms with Crippen molar-refractivity contribution in [3.05, 3.63) is 113 Å². The molecule has 1 aromatic carbocycles. The van der Waals surface area contributed by atoms with Gasteiger partial charge in [-0.2, -0.15) is 0 Å². The molecule has 9 nitrogen and oxygen atoms in total. The zero-order valence-electron chi connectivity index (χ0n) is 16.4. The molecule has 0 unspecified atom stereocenters. The quantitative estimate of drug-likeness (QED) is 0.339. The Balaban J connectivity index is 1.68. The maximum absolute atomic E-state index is 13.4. The van der Waals surface area contributed by atoms with Crippen molar-refractivity contribution in [1.82, 2.24) is 24.4 Å². The monoisotopic (exact) mass is 414 g/mol. The number of imidazole rings is 1. The number of pyridine rings is 2. The molecule has 0 radical (unpaired) electrons. The number of nitrogens with zero attached hydrogens (tertiary/aromatic N) is 6. The molecule has 4 rings (SSSR count). The smallest absolute Gasteiger partial charge is 0.294 e.